The van der Waals surface area contributed by atoms with E-state index in [0.717, 1.165) is 22.9 Å². The summed E-state index contributed by atoms with van der Waals surface area (Å²) in [5, 5.41) is 16.3. The Bertz CT molecular complexity index is 799. The number of nitrogens with one attached hydrogen (secondary N) is 2. The van der Waals surface area contributed by atoms with E-state index >= 15 is 0 Å². The number of likely N-dealkylation sites (N-methyl/N-ethyl adjacent to an activating group) is 1. The van der Waals surface area contributed by atoms with Crippen LogP contribution in [0.5, 0.6) is 0 Å². The molecule has 1 aromatic carbocycles. The molecule has 1 heterocycles. The van der Waals surface area contributed by atoms with Crippen molar-refractivity contribution in [2.75, 3.05) is 11.9 Å². The lowest BCUT2D eigenvalue weighted by Crippen LogP contribution is -2.27. The predicted molar refractivity (Wildman–Crippen MR) is 98.0 cm³/mol. The fourth-order valence-electron chi connectivity index (χ4n) is 2.15. The minimum Gasteiger partial charge on any atom is -0.329 e. The maximum Gasteiger partial charge on any atom is 0.229 e. The molecule has 0 aliphatic carbocycles. The summed E-state index contributed by atoms with van der Waals surface area (Å²) in [5.41, 5.74) is 1.60. The Kier molecular flexibility index (Phi) is 6.68. The van der Waals surface area contributed by atoms with Gasteiger partial charge in [-0.1, -0.05) is 45.2 Å². The van der Waals surface area contributed by atoms with Gasteiger partial charge in [-0.2, -0.15) is 4.98 Å². The van der Waals surface area contributed by atoms with Gasteiger partial charge in [0.2, 0.25) is 5.62 Å². The first kappa shape index (κ1) is 18.1. The fraction of sp³-hybridized carbons (Fsp3) is 0.167. The largest absolute Gasteiger partial charge is 0.329 e. The Balaban J connectivity index is 0.00000127. The molecular formula is C18H23N5. The third-order valence-electron chi connectivity index (χ3n) is 3.18. The zero-order valence-corrected chi connectivity index (χ0v) is 13.9. The Morgan fingerprint density at radius 1 is 1.26 bits per heavy atom. The van der Waals surface area contributed by atoms with Crippen LogP contribution in [0.1, 0.15) is 13.8 Å². The van der Waals surface area contributed by atoms with Crippen LogP contribution in [0.25, 0.3) is 10.9 Å². The van der Waals surface area contributed by atoms with Crippen molar-refractivity contribution in [3.05, 3.63) is 67.0 Å². The van der Waals surface area contributed by atoms with Gasteiger partial charge in [0.1, 0.15) is 5.82 Å². The fourth-order valence-corrected chi connectivity index (χ4v) is 2.15. The van der Waals surface area contributed by atoms with Gasteiger partial charge in [-0.15, -0.1) is 0 Å². The van der Waals surface area contributed by atoms with Gasteiger partial charge in [0.05, 0.1) is 11.9 Å². The third-order valence-corrected chi connectivity index (χ3v) is 3.18. The molecule has 0 spiro atoms. The number of aromatic nitrogens is 2. The maximum absolute atomic E-state index is 8.00. The summed E-state index contributed by atoms with van der Waals surface area (Å²) in [6, 6.07) is 7.56. The first-order valence-electron chi connectivity index (χ1n) is 7.39. The van der Waals surface area contributed by atoms with Crippen LogP contribution < -0.4 is 10.5 Å². The molecule has 5 nitrogen and oxygen atoms in total. The van der Waals surface area contributed by atoms with E-state index in [1.54, 1.807) is 12.2 Å². The Morgan fingerprint density at radius 2 is 1.91 bits per heavy atom. The van der Waals surface area contributed by atoms with E-state index in [-0.39, 0.29) is 5.62 Å². The monoisotopic (exact) mass is 309 g/mol. The van der Waals surface area contributed by atoms with E-state index < -0.39 is 0 Å². The molecule has 0 aliphatic heterocycles. The molecule has 1 aromatic heterocycles. The van der Waals surface area contributed by atoms with E-state index in [2.05, 4.69) is 18.1 Å². The highest BCUT2D eigenvalue weighted by atomic mass is 15.2. The van der Waals surface area contributed by atoms with Gasteiger partial charge in [-0.05, 0) is 24.3 Å². The Morgan fingerprint density at radius 3 is 2.48 bits per heavy atom. The van der Waals surface area contributed by atoms with Crippen molar-refractivity contribution in [2.45, 2.75) is 13.8 Å². The molecule has 2 rings (SSSR count). The van der Waals surface area contributed by atoms with Crippen molar-refractivity contribution in [2.24, 2.45) is 0 Å². The molecule has 23 heavy (non-hydrogen) atoms. The van der Waals surface area contributed by atoms with E-state index in [4.69, 9.17) is 10.8 Å². The number of hydrogen-bond acceptors (Lipinski definition) is 4. The minimum atomic E-state index is 0.00700. The van der Waals surface area contributed by atoms with Gasteiger partial charge < -0.3 is 4.90 Å². The van der Waals surface area contributed by atoms with Crippen molar-refractivity contribution < 1.29 is 0 Å². The predicted octanol–water partition coefficient (Wildman–Crippen LogP) is 3.69. The van der Waals surface area contributed by atoms with Gasteiger partial charge in [0, 0.05) is 18.1 Å². The number of benzene rings is 1. The highest BCUT2D eigenvalue weighted by Crippen LogP contribution is 2.24. The molecule has 2 N–H and O–H groups in total. The lowest BCUT2D eigenvalue weighted by atomic mass is 10.2. The van der Waals surface area contributed by atoms with Crippen LogP contribution >= 0.6 is 0 Å². The molecule has 0 aliphatic rings. The number of allylic oxidation sites excluding steroid dienone is 3. The highest BCUT2D eigenvalue weighted by Gasteiger charge is 2.12. The summed E-state index contributed by atoms with van der Waals surface area (Å²) in [4.78, 5) is 6.16. The quantitative estimate of drug-likeness (QED) is 0.502. The Hall–Kier alpha value is -2.95. The lowest BCUT2D eigenvalue weighted by molar-refractivity contribution is 0.909. The van der Waals surface area contributed by atoms with E-state index in [1.807, 2.05) is 56.1 Å². The zero-order chi connectivity index (χ0) is 17.4. The molecule has 120 valence electrons. The van der Waals surface area contributed by atoms with Crippen LogP contribution in [0.2, 0.25) is 0 Å². The van der Waals surface area contributed by atoms with Crippen LogP contribution in [-0.4, -0.2) is 22.9 Å². The zero-order valence-electron chi connectivity index (χ0n) is 13.9. The number of fused-ring (bicyclic) bond motifs is 1. The van der Waals surface area contributed by atoms with E-state index in [1.165, 1.54) is 4.57 Å². The summed E-state index contributed by atoms with van der Waals surface area (Å²) >= 11 is 0. The van der Waals surface area contributed by atoms with Crippen LogP contribution in [-0.2, 0) is 0 Å². The van der Waals surface area contributed by atoms with Gasteiger partial charge >= 0.3 is 0 Å². The molecule has 0 radical (unpaired) electrons. The van der Waals surface area contributed by atoms with Gasteiger partial charge in [0.15, 0.2) is 0 Å². The number of para-hydroxylation sites is 1. The molecule has 5 heteroatoms. The normalized spacial score (nSPS) is 10.5. The van der Waals surface area contributed by atoms with Crippen LogP contribution in [0.15, 0.2) is 61.3 Å². The minimum absolute atomic E-state index is 0.00700. The van der Waals surface area contributed by atoms with Gasteiger partial charge in [-0.25, -0.2) is 0 Å². The number of anilines is 1. The molecule has 0 saturated heterocycles. The molecule has 0 atom stereocenters. The molecule has 0 saturated carbocycles. The van der Waals surface area contributed by atoms with Crippen molar-refractivity contribution in [1.29, 1.82) is 10.8 Å². The lowest BCUT2D eigenvalue weighted by Gasteiger charge is -2.21. The first-order valence-corrected chi connectivity index (χ1v) is 7.39. The molecule has 2 aromatic rings. The van der Waals surface area contributed by atoms with Crippen molar-refractivity contribution in [3.8, 4) is 0 Å². The average molecular weight is 309 g/mol. The maximum atomic E-state index is 8.00. The van der Waals surface area contributed by atoms with Crippen molar-refractivity contribution >= 4 is 23.1 Å². The summed E-state index contributed by atoms with van der Waals surface area (Å²) in [7, 11) is 1.86. The second-order valence-electron chi connectivity index (χ2n) is 4.37. The summed E-state index contributed by atoms with van der Waals surface area (Å²) < 4.78 is 1.43. The van der Waals surface area contributed by atoms with Crippen LogP contribution in [0.4, 0.5) is 5.82 Å². The van der Waals surface area contributed by atoms with E-state index in [9.17, 15) is 0 Å². The molecular weight excluding hydrogens is 286 g/mol. The number of nitrogens with zero attached hydrogens (tertiary/aromatic N) is 3. The SMILES string of the molecule is C=C/C=C(\C=C)N(C)c1nc(=N)n(C=N)c2ccccc12.CC. The summed E-state index contributed by atoms with van der Waals surface area (Å²) in [6.45, 7) is 11.5. The van der Waals surface area contributed by atoms with Crippen molar-refractivity contribution in [3.63, 3.8) is 0 Å². The first-order chi connectivity index (χ1) is 11.1. The van der Waals surface area contributed by atoms with E-state index in [0.29, 0.717) is 5.82 Å². The van der Waals surface area contributed by atoms with Crippen LogP contribution in [0, 0.1) is 10.8 Å². The molecule has 0 fully saturated rings. The summed E-state index contributed by atoms with van der Waals surface area (Å²) in [6.07, 6.45) is 6.30. The molecule has 0 unspecified atom stereocenters. The second-order valence-corrected chi connectivity index (χ2v) is 4.37. The van der Waals surface area contributed by atoms with Crippen LogP contribution in [0.3, 0.4) is 0 Å². The molecule has 0 amide bonds. The van der Waals surface area contributed by atoms with Gasteiger partial charge in [0.25, 0.3) is 0 Å². The highest BCUT2D eigenvalue weighted by molar-refractivity contribution is 5.93. The Labute approximate surface area is 136 Å². The summed E-state index contributed by atoms with van der Waals surface area (Å²) in [5.74, 6) is 0.640. The number of rotatable bonds is 5. The average Bonchev–Trinajstić information content (AvgIpc) is 2.60. The molecule has 0 bridgehead atoms. The third kappa shape index (κ3) is 3.63. The smallest absolute Gasteiger partial charge is 0.229 e. The topological polar surface area (TPSA) is 68.8 Å². The van der Waals surface area contributed by atoms with Gasteiger partial charge in [-0.3, -0.25) is 15.4 Å². The van der Waals surface area contributed by atoms with Crippen molar-refractivity contribution in [1.82, 2.24) is 9.55 Å². The second kappa shape index (κ2) is 8.48. The standard InChI is InChI=1S/C16H17N5.C2H6/c1-4-8-12(5-2)20(3)15-13-9-6-7-10-14(13)21(11-17)16(18)19-15;1-2/h4-11,17-18H,1-2H2,3H3;1-2H3/b12-8+,17-11?,18-16?;. The number of hydrogen-bond donors (Lipinski definition) is 2.